The quantitative estimate of drug-likeness (QED) is 0.439. The molecule has 0 saturated heterocycles. The van der Waals surface area contributed by atoms with Crippen molar-refractivity contribution in [3.63, 3.8) is 0 Å². The van der Waals surface area contributed by atoms with Gasteiger partial charge in [-0.25, -0.2) is 14.2 Å². The third-order valence-corrected chi connectivity index (χ3v) is 5.64. The molecular weight excluding hydrogens is 449 g/mol. The predicted octanol–water partition coefficient (Wildman–Crippen LogP) is 5.41. The molecule has 35 heavy (non-hydrogen) atoms. The van der Waals surface area contributed by atoms with Crippen molar-refractivity contribution in [3.05, 3.63) is 59.9 Å². The molecule has 2 aromatic heterocycles. The number of para-hydroxylation sites is 1. The van der Waals surface area contributed by atoms with Crippen LogP contribution in [0.15, 0.2) is 48.7 Å². The molecule has 3 aromatic rings. The van der Waals surface area contributed by atoms with E-state index in [1.54, 1.807) is 17.2 Å². The third kappa shape index (κ3) is 5.62. The molecule has 0 aliphatic carbocycles. The van der Waals surface area contributed by atoms with E-state index < -0.39 is 11.6 Å². The maximum atomic E-state index is 14.0. The first-order chi connectivity index (χ1) is 16.6. The molecule has 3 N–H and O–H groups in total. The first kappa shape index (κ1) is 24.3. The smallest absolute Gasteiger partial charge is 0.410 e. The lowest BCUT2D eigenvalue weighted by Gasteiger charge is -2.27. The molecule has 0 radical (unpaired) electrons. The van der Waals surface area contributed by atoms with E-state index in [9.17, 15) is 14.0 Å². The summed E-state index contributed by atoms with van der Waals surface area (Å²) in [7, 11) is 0. The Hall–Kier alpha value is -3.88. The second-order valence-electron chi connectivity index (χ2n) is 9.28. The first-order valence-electron chi connectivity index (χ1n) is 11.6. The van der Waals surface area contributed by atoms with E-state index in [1.807, 2.05) is 50.2 Å². The number of halogens is 1. The Morgan fingerprint density at radius 2 is 1.94 bits per heavy atom. The van der Waals surface area contributed by atoms with E-state index in [4.69, 9.17) is 4.74 Å². The molecule has 0 spiro atoms. The van der Waals surface area contributed by atoms with Crippen molar-refractivity contribution in [2.75, 3.05) is 17.2 Å². The summed E-state index contributed by atoms with van der Waals surface area (Å²) in [6, 6.07) is 13.3. The number of amides is 2. The summed E-state index contributed by atoms with van der Waals surface area (Å²) in [6.07, 6.45) is 1.66. The molecule has 4 rings (SSSR count). The molecule has 0 unspecified atom stereocenters. The van der Waals surface area contributed by atoms with E-state index in [0.29, 0.717) is 19.5 Å². The van der Waals surface area contributed by atoms with Gasteiger partial charge in [-0.05, 0) is 58.4 Å². The van der Waals surface area contributed by atoms with Gasteiger partial charge in [0.05, 0.1) is 24.0 Å². The van der Waals surface area contributed by atoms with Crippen LogP contribution < -0.4 is 10.6 Å². The lowest BCUT2D eigenvalue weighted by atomic mass is 10.0. The van der Waals surface area contributed by atoms with Crippen LogP contribution >= 0.6 is 0 Å². The number of alkyl halides is 1. The number of carbonyl (C=O) groups excluding carboxylic acids is 2. The Morgan fingerprint density at radius 1 is 1.20 bits per heavy atom. The van der Waals surface area contributed by atoms with Crippen molar-refractivity contribution in [2.45, 2.75) is 52.4 Å². The molecular formula is C26H30FN5O3. The second kappa shape index (κ2) is 9.77. The molecule has 0 atom stereocenters. The number of pyridine rings is 1. The fraction of sp³-hybridized carbons (Fsp3) is 0.346. The molecule has 1 aliphatic heterocycles. The largest absolute Gasteiger partial charge is 0.447 e. The van der Waals surface area contributed by atoms with Crippen LogP contribution in [0.5, 0.6) is 0 Å². The average Bonchev–Trinajstić information content (AvgIpc) is 3.16. The van der Waals surface area contributed by atoms with Gasteiger partial charge in [0.15, 0.2) is 5.67 Å². The van der Waals surface area contributed by atoms with Crippen LogP contribution in [0.3, 0.4) is 0 Å². The summed E-state index contributed by atoms with van der Waals surface area (Å²) in [6.45, 7) is 6.96. The number of hydrogen-bond acceptors (Lipinski definition) is 5. The minimum Gasteiger partial charge on any atom is -0.447 e. The number of H-pyrrole nitrogens is 1. The molecule has 2 amide bonds. The molecule has 184 valence electrons. The van der Waals surface area contributed by atoms with E-state index in [0.717, 1.165) is 33.9 Å². The zero-order valence-corrected chi connectivity index (χ0v) is 20.3. The maximum Gasteiger partial charge on any atom is 0.410 e. The zero-order chi connectivity index (χ0) is 25.2. The van der Waals surface area contributed by atoms with Crippen molar-refractivity contribution in [1.82, 2.24) is 14.9 Å². The van der Waals surface area contributed by atoms with Gasteiger partial charge in [0.1, 0.15) is 5.82 Å². The van der Waals surface area contributed by atoms with Gasteiger partial charge >= 0.3 is 6.09 Å². The van der Waals surface area contributed by atoms with Crippen LogP contribution in [-0.2, 0) is 22.5 Å². The lowest BCUT2D eigenvalue weighted by molar-refractivity contribution is -0.125. The van der Waals surface area contributed by atoms with E-state index in [1.165, 1.54) is 13.8 Å². The van der Waals surface area contributed by atoms with Gasteiger partial charge in [-0.1, -0.05) is 18.2 Å². The number of benzene rings is 1. The Morgan fingerprint density at radius 3 is 2.63 bits per heavy atom. The standard InChI is InChI=1S/C26H30FN5O3/c1-16(2)35-25(34)32-13-11-19-20(15-32)30-22(23(19)29-18-8-6-5-7-9-18)17-10-12-28-21(14-17)31-24(33)26(3,4)27/h5-10,12,14,16,29-30H,11,13,15H2,1-4H3,(H,28,31,33). The van der Waals surface area contributed by atoms with E-state index >= 15 is 0 Å². The predicted molar refractivity (Wildman–Crippen MR) is 133 cm³/mol. The molecule has 8 nitrogen and oxygen atoms in total. The lowest BCUT2D eigenvalue weighted by Crippen LogP contribution is -2.37. The van der Waals surface area contributed by atoms with Gasteiger partial charge in [-0.2, -0.15) is 0 Å². The highest BCUT2D eigenvalue weighted by molar-refractivity contribution is 5.96. The van der Waals surface area contributed by atoms with Crippen LogP contribution in [0.25, 0.3) is 11.3 Å². The number of ether oxygens (including phenoxy) is 1. The van der Waals surface area contributed by atoms with Crippen molar-refractivity contribution < 1.29 is 18.7 Å². The van der Waals surface area contributed by atoms with Gasteiger partial charge < -0.3 is 25.3 Å². The first-order valence-corrected chi connectivity index (χ1v) is 11.6. The number of nitrogens with one attached hydrogen (secondary N) is 3. The van der Waals surface area contributed by atoms with E-state index in [2.05, 4.69) is 20.6 Å². The Kier molecular flexibility index (Phi) is 6.77. The molecule has 0 saturated carbocycles. The van der Waals surface area contributed by atoms with Crippen molar-refractivity contribution in [1.29, 1.82) is 0 Å². The van der Waals surface area contributed by atoms with Crippen LogP contribution in [0.2, 0.25) is 0 Å². The summed E-state index contributed by atoms with van der Waals surface area (Å²) >= 11 is 0. The number of anilines is 3. The third-order valence-electron chi connectivity index (χ3n) is 5.64. The molecule has 0 bridgehead atoms. The monoisotopic (exact) mass is 479 g/mol. The minimum absolute atomic E-state index is 0.196. The van der Waals surface area contributed by atoms with Crippen molar-refractivity contribution in [2.24, 2.45) is 0 Å². The summed E-state index contributed by atoms with van der Waals surface area (Å²) in [4.78, 5) is 33.9. The van der Waals surface area contributed by atoms with Crippen molar-refractivity contribution >= 4 is 29.2 Å². The van der Waals surface area contributed by atoms with Crippen LogP contribution in [0.4, 0.5) is 26.4 Å². The van der Waals surface area contributed by atoms with Crippen LogP contribution in [0, 0.1) is 0 Å². The number of fused-ring (bicyclic) bond motifs is 1. The number of aromatic amines is 1. The molecule has 1 aromatic carbocycles. The van der Waals surface area contributed by atoms with Crippen molar-refractivity contribution in [3.8, 4) is 11.3 Å². The molecule has 3 heterocycles. The van der Waals surface area contributed by atoms with Gasteiger partial charge in [0, 0.05) is 35.2 Å². The normalized spacial score (nSPS) is 13.4. The van der Waals surface area contributed by atoms with Gasteiger partial charge in [0.2, 0.25) is 0 Å². The topological polar surface area (TPSA) is 99.3 Å². The Labute approximate surface area is 203 Å². The number of hydrogen-bond donors (Lipinski definition) is 3. The zero-order valence-electron chi connectivity index (χ0n) is 20.3. The van der Waals surface area contributed by atoms with Crippen LogP contribution in [-0.4, -0.2) is 45.2 Å². The Bertz CT molecular complexity index is 1220. The Balaban J connectivity index is 1.70. The molecule has 1 aliphatic rings. The number of carbonyl (C=O) groups is 2. The summed E-state index contributed by atoms with van der Waals surface area (Å²) in [5.74, 6) is -0.520. The highest BCUT2D eigenvalue weighted by atomic mass is 19.1. The summed E-state index contributed by atoms with van der Waals surface area (Å²) in [5.41, 5.74) is 3.29. The average molecular weight is 480 g/mol. The second-order valence-corrected chi connectivity index (χ2v) is 9.28. The fourth-order valence-electron chi connectivity index (χ4n) is 3.89. The van der Waals surface area contributed by atoms with E-state index in [-0.39, 0.29) is 18.0 Å². The SMILES string of the molecule is CC(C)OC(=O)N1CCc2c([nH]c(-c3ccnc(NC(=O)C(C)(C)F)c3)c2Nc2ccccc2)C1. The fourth-order valence-corrected chi connectivity index (χ4v) is 3.89. The van der Waals surface area contributed by atoms with Crippen LogP contribution in [0.1, 0.15) is 39.0 Å². The number of rotatable bonds is 6. The van der Waals surface area contributed by atoms with Gasteiger partial charge in [0.25, 0.3) is 5.91 Å². The highest BCUT2D eigenvalue weighted by Gasteiger charge is 2.29. The summed E-state index contributed by atoms with van der Waals surface area (Å²) < 4.78 is 19.4. The van der Waals surface area contributed by atoms with Gasteiger partial charge in [-0.15, -0.1) is 0 Å². The number of nitrogens with zero attached hydrogens (tertiary/aromatic N) is 2. The summed E-state index contributed by atoms with van der Waals surface area (Å²) in [5, 5.41) is 6.04. The maximum absolute atomic E-state index is 14.0. The number of aromatic nitrogens is 2. The van der Waals surface area contributed by atoms with Gasteiger partial charge in [-0.3, -0.25) is 4.79 Å². The molecule has 0 fully saturated rings. The highest BCUT2D eigenvalue weighted by Crippen LogP contribution is 2.38. The molecule has 9 heteroatoms. The minimum atomic E-state index is -2.03.